The van der Waals surface area contributed by atoms with E-state index in [0.717, 1.165) is 35.8 Å². The largest absolute Gasteiger partial charge is 0.357 e. The first kappa shape index (κ1) is 21.7. The van der Waals surface area contributed by atoms with Crippen LogP contribution in [0.1, 0.15) is 12.8 Å². The van der Waals surface area contributed by atoms with E-state index < -0.39 is 0 Å². The number of benzene rings is 1. The number of hydrogen-bond acceptors (Lipinski definition) is 8. The van der Waals surface area contributed by atoms with Crippen molar-refractivity contribution in [3.05, 3.63) is 36.7 Å². The molecule has 2 heterocycles. The highest BCUT2D eigenvalue weighted by Gasteiger charge is 2.25. The molecule has 1 aromatic heterocycles. The standard InChI is InChI=1S/C19H29ClN8O/c1-21-17-26-18(24-9-3-2-8-23-16(29)11-20)28-19(27-17)25-15-6-4-5-13-12-22-10-7-14(13)15/h4-7,10,12,17-19,21,24-28H,2-3,8-9,11H2,1H3,(H,23,29). The van der Waals surface area contributed by atoms with E-state index in [-0.39, 0.29) is 30.7 Å². The average Bonchev–Trinajstić information content (AvgIpc) is 2.76. The van der Waals surface area contributed by atoms with Gasteiger partial charge in [-0.1, -0.05) is 12.1 Å². The highest BCUT2D eigenvalue weighted by Crippen LogP contribution is 2.22. The van der Waals surface area contributed by atoms with Crippen molar-refractivity contribution in [1.29, 1.82) is 0 Å². The summed E-state index contributed by atoms with van der Waals surface area (Å²) in [4.78, 5) is 15.3. The van der Waals surface area contributed by atoms with E-state index >= 15 is 0 Å². The van der Waals surface area contributed by atoms with Gasteiger partial charge in [0, 0.05) is 35.4 Å². The molecule has 0 aliphatic carbocycles. The van der Waals surface area contributed by atoms with Crippen molar-refractivity contribution in [2.75, 3.05) is 31.3 Å². The molecule has 158 valence electrons. The molecule has 7 N–H and O–H groups in total. The van der Waals surface area contributed by atoms with Gasteiger partial charge in [0.05, 0.1) is 0 Å². The Balaban J connectivity index is 1.50. The van der Waals surface area contributed by atoms with Crippen molar-refractivity contribution >= 4 is 34.0 Å². The van der Waals surface area contributed by atoms with Gasteiger partial charge >= 0.3 is 0 Å². The van der Waals surface area contributed by atoms with Crippen LogP contribution < -0.4 is 37.2 Å². The Hall–Kier alpha value is -2.01. The van der Waals surface area contributed by atoms with E-state index in [9.17, 15) is 4.79 Å². The molecule has 3 unspecified atom stereocenters. The van der Waals surface area contributed by atoms with Crippen LogP contribution in [0, 0.1) is 0 Å². The van der Waals surface area contributed by atoms with Crippen LogP contribution >= 0.6 is 11.6 Å². The van der Waals surface area contributed by atoms with Crippen LogP contribution in [0.2, 0.25) is 0 Å². The number of nitrogens with one attached hydrogen (secondary N) is 7. The Morgan fingerprint density at radius 2 is 1.90 bits per heavy atom. The summed E-state index contributed by atoms with van der Waals surface area (Å²) in [5.41, 5.74) is 1.03. The summed E-state index contributed by atoms with van der Waals surface area (Å²) < 4.78 is 0. The highest BCUT2D eigenvalue weighted by molar-refractivity contribution is 6.27. The summed E-state index contributed by atoms with van der Waals surface area (Å²) in [6.07, 6.45) is 5.20. The lowest BCUT2D eigenvalue weighted by Crippen LogP contribution is -2.75. The van der Waals surface area contributed by atoms with Gasteiger partial charge in [-0.05, 0) is 38.6 Å². The summed E-state index contributed by atoms with van der Waals surface area (Å²) in [5, 5.41) is 25.4. The van der Waals surface area contributed by atoms with Gasteiger partial charge in [0.1, 0.15) is 24.7 Å². The summed E-state index contributed by atoms with van der Waals surface area (Å²) in [6.45, 7) is 1.45. The van der Waals surface area contributed by atoms with E-state index in [0.29, 0.717) is 6.54 Å². The number of alkyl halides is 1. The van der Waals surface area contributed by atoms with Gasteiger partial charge in [0.2, 0.25) is 5.91 Å². The molecule has 0 radical (unpaired) electrons. The topological polar surface area (TPSA) is 114 Å². The number of unbranched alkanes of at least 4 members (excludes halogenated alkanes) is 1. The number of fused-ring (bicyclic) bond motifs is 1. The van der Waals surface area contributed by atoms with Gasteiger partial charge in [-0.15, -0.1) is 11.6 Å². The number of rotatable bonds is 10. The number of amides is 1. The normalized spacial score (nSPS) is 21.8. The predicted molar refractivity (Wildman–Crippen MR) is 116 cm³/mol. The molecular weight excluding hydrogens is 392 g/mol. The van der Waals surface area contributed by atoms with Crippen molar-refractivity contribution in [3.8, 4) is 0 Å². The van der Waals surface area contributed by atoms with E-state index in [1.807, 2.05) is 31.4 Å². The first-order chi connectivity index (χ1) is 14.2. The Bertz CT molecular complexity index is 786. The maximum absolute atomic E-state index is 11.1. The number of carbonyl (C=O) groups excluding carboxylic acids is 1. The quantitative estimate of drug-likeness (QED) is 0.216. The third-order valence-corrected chi connectivity index (χ3v) is 4.91. The molecule has 29 heavy (non-hydrogen) atoms. The minimum Gasteiger partial charge on any atom is -0.357 e. The summed E-state index contributed by atoms with van der Waals surface area (Å²) in [7, 11) is 1.90. The van der Waals surface area contributed by atoms with Crippen LogP contribution in [0.3, 0.4) is 0 Å². The fourth-order valence-electron chi connectivity index (χ4n) is 3.19. The third kappa shape index (κ3) is 6.49. The van der Waals surface area contributed by atoms with Crippen molar-refractivity contribution in [1.82, 2.24) is 36.9 Å². The summed E-state index contributed by atoms with van der Waals surface area (Å²) in [6, 6.07) is 8.13. The fraction of sp³-hybridized carbons (Fsp3) is 0.474. The number of pyridine rings is 1. The first-order valence-corrected chi connectivity index (χ1v) is 10.3. The van der Waals surface area contributed by atoms with Crippen molar-refractivity contribution in [3.63, 3.8) is 0 Å². The fourth-order valence-corrected chi connectivity index (χ4v) is 3.28. The predicted octanol–water partition coefficient (Wildman–Crippen LogP) is 0.224. The molecule has 1 saturated heterocycles. The Kier molecular flexibility index (Phi) is 8.41. The molecule has 3 rings (SSSR count). The Morgan fingerprint density at radius 3 is 2.72 bits per heavy atom. The number of nitrogens with zero attached hydrogens (tertiary/aromatic N) is 1. The van der Waals surface area contributed by atoms with Gasteiger partial charge in [-0.3, -0.25) is 36.4 Å². The molecule has 0 saturated carbocycles. The molecule has 10 heteroatoms. The zero-order valence-electron chi connectivity index (χ0n) is 16.5. The van der Waals surface area contributed by atoms with Crippen LogP contribution in [0.25, 0.3) is 10.8 Å². The second-order valence-electron chi connectivity index (χ2n) is 6.78. The molecule has 0 spiro atoms. The van der Waals surface area contributed by atoms with Gasteiger partial charge in [-0.25, -0.2) is 0 Å². The molecule has 0 bridgehead atoms. The van der Waals surface area contributed by atoms with Crippen molar-refractivity contribution in [2.24, 2.45) is 0 Å². The van der Waals surface area contributed by atoms with Crippen LogP contribution in [0.15, 0.2) is 36.7 Å². The SMILES string of the molecule is CNC1NC(NCCCCNC(=O)CCl)NC(Nc2cccc3cnccc23)N1. The zero-order valence-corrected chi connectivity index (χ0v) is 17.2. The molecule has 3 atom stereocenters. The van der Waals surface area contributed by atoms with Crippen LogP contribution in [0.5, 0.6) is 0 Å². The lowest BCUT2D eigenvalue weighted by molar-refractivity contribution is -0.118. The van der Waals surface area contributed by atoms with Gasteiger partial charge in [0.25, 0.3) is 0 Å². The molecule has 1 aromatic carbocycles. The van der Waals surface area contributed by atoms with Crippen LogP contribution in [0.4, 0.5) is 5.69 Å². The number of anilines is 1. The van der Waals surface area contributed by atoms with E-state index in [1.165, 1.54) is 0 Å². The molecule has 1 fully saturated rings. The Labute approximate surface area is 175 Å². The van der Waals surface area contributed by atoms with Gasteiger partial charge < -0.3 is 10.6 Å². The summed E-state index contributed by atoms with van der Waals surface area (Å²) in [5.74, 6) is -0.120. The second-order valence-corrected chi connectivity index (χ2v) is 7.05. The highest BCUT2D eigenvalue weighted by atomic mass is 35.5. The van der Waals surface area contributed by atoms with E-state index in [1.54, 1.807) is 6.20 Å². The molecule has 9 nitrogen and oxygen atoms in total. The minimum absolute atomic E-state index is 0.00811. The van der Waals surface area contributed by atoms with Crippen molar-refractivity contribution < 1.29 is 4.79 Å². The molecule has 1 aliphatic rings. The third-order valence-electron chi connectivity index (χ3n) is 4.66. The maximum atomic E-state index is 11.1. The van der Waals surface area contributed by atoms with Gasteiger partial charge in [0.15, 0.2) is 0 Å². The molecule has 1 aliphatic heterocycles. The van der Waals surface area contributed by atoms with Crippen molar-refractivity contribution in [2.45, 2.75) is 31.7 Å². The maximum Gasteiger partial charge on any atom is 0.234 e. The average molecular weight is 421 g/mol. The second kappa shape index (κ2) is 11.2. The number of halogens is 1. The summed E-state index contributed by atoms with van der Waals surface area (Å²) >= 11 is 5.46. The smallest absolute Gasteiger partial charge is 0.234 e. The number of carbonyl (C=O) groups is 1. The Morgan fingerprint density at radius 1 is 1.10 bits per heavy atom. The molecule has 1 amide bonds. The first-order valence-electron chi connectivity index (χ1n) is 9.80. The van der Waals surface area contributed by atoms with E-state index in [4.69, 9.17) is 11.6 Å². The monoisotopic (exact) mass is 420 g/mol. The zero-order chi connectivity index (χ0) is 20.5. The minimum atomic E-state index is -0.145. The van der Waals surface area contributed by atoms with Crippen LogP contribution in [-0.2, 0) is 4.79 Å². The van der Waals surface area contributed by atoms with Gasteiger partial charge in [-0.2, -0.15) is 0 Å². The molecular formula is C19H29ClN8O. The number of hydrogen-bond donors (Lipinski definition) is 7. The molecule has 2 aromatic rings. The lowest BCUT2D eigenvalue weighted by Gasteiger charge is -2.39. The lowest BCUT2D eigenvalue weighted by atomic mass is 10.1. The van der Waals surface area contributed by atoms with Crippen LogP contribution in [-0.4, -0.2) is 55.8 Å². The number of aromatic nitrogens is 1. The van der Waals surface area contributed by atoms with E-state index in [2.05, 4.69) is 48.3 Å².